The SMILES string of the molecule is C[C@@H]1[C@@H](COSOSO)O[C@H](n2ccc(N)nc2=O)C1(F)F. The molecule has 1 aromatic heterocycles. The zero-order chi connectivity index (χ0) is 16.3. The molecule has 1 aliphatic rings. The van der Waals surface area contributed by atoms with Crippen LogP contribution in [0, 0.1) is 5.92 Å². The quantitative estimate of drug-likeness (QED) is 0.581. The monoisotopic (exact) mass is 357 g/mol. The number of halogens is 2. The molecule has 2 heterocycles. The summed E-state index contributed by atoms with van der Waals surface area (Å²) in [5.74, 6) is -4.57. The predicted molar refractivity (Wildman–Crippen MR) is 75.8 cm³/mol. The maximum atomic E-state index is 14.3. The van der Waals surface area contributed by atoms with Crippen LogP contribution < -0.4 is 11.4 Å². The average Bonchev–Trinajstić information content (AvgIpc) is 2.67. The van der Waals surface area contributed by atoms with E-state index in [2.05, 4.69) is 8.61 Å². The maximum absolute atomic E-state index is 14.3. The average molecular weight is 357 g/mol. The predicted octanol–water partition coefficient (Wildman–Crippen LogP) is 1.71. The number of aromatic nitrogens is 2. The van der Waals surface area contributed by atoms with E-state index in [1.165, 1.54) is 13.0 Å². The summed E-state index contributed by atoms with van der Waals surface area (Å²) in [6, 6.07) is 1.23. The molecule has 0 unspecified atom stereocenters. The Hall–Kier alpha value is -0.920. The highest BCUT2D eigenvalue weighted by molar-refractivity contribution is 8.02. The van der Waals surface area contributed by atoms with Crippen molar-refractivity contribution >= 4 is 30.5 Å². The van der Waals surface area contributed by atoms with E-state index in [-0.39, 0.29) is 24.7 Å². The lowest BCUT2D eigenvalue weighted by atomic mass is 10.00. The Kier molecular flexibility index (Phi) is 5.63. The van der Waals surface area contributed by atoms with E-state index in [0.29, 0.717) is 16.9 Å². The maximum Gasteiger partial charge on any atom is 0.351 e. The van der Waals surface area contributed by atoms with Gasteiger partial charge in [0.2, 0.25) is 6.23 Å². The van der Waals surface area contributed by atoms with Gasteiger partial charge in [-0.2, -0.15) is 8.61 Å². The molecule has 1 aromatic rings. The van der Waals surface area contributed by atoms with Gasteiger partial charge in [-0.25, -0.2) is 13.6 Å². The summed E-state index contributed by atoms with van der Waals surface area (Å²) in [5.41, 5.74) is 4.41. The fourth-order valence-corrected chi connectivity index (χ4v) is 2.46. The van der Waals surface area contributed by atoms with Crippen LogP contribution in [0.2, 0.25) is 0 Å². The third-order valence-corrected chi connectivity index (χ3v) is 3.94. The summed E-state index contributed by atoms with van der Waals surface area (Å²) in [5, 5.41) is 0. The molecule has 0 saturated carbocycles. The summed E-state index contributed by atoms with van der Waals surface area (Å²) < 4.78 is 52.1. The van der Waals surface area contributed by atoms with Crippen LogP contribution in [0.4, 0.5) is 14.6 Å². The van der Waals surface area contributed by atoms with Gasteiger partial charge in [0.05, 0.1) is 18.6 Å². The molecule has 12 heteroatoms. The van der Waals surface area contributed by atoms with Crippen LogP contribution in [0.15, 0.2) is 17.1 Å². The van der Waals surface area contributed by atoms with Crippen molar-refractivity contribution in [2.24, 2.45) is 5.92 Å². The number of nitrogen functional groups attached to an aromatic ring is 1. The second-order valence-electron chi connectivity index (χ2n) is 4.53. The van der Waals surface area contributed by atoms with Gasteiger partial charge < -0.3 is 15.0 Å². The van der Waals surface area contributed by atoms with Crippen molar-refractivity contribution in [3.63, 3.8) is 0 Å². The number of hydrogen-bond donors (Lipinski definition) is 2. The number of rotatable bonds is 6. The van der Waals surface area contributed by atoms with Crippen LogP contribution in [-0.2, 0) is 12.5 Å². The fraction of sp³-hybridized carbons (Fsp3) is 0.600. The first kappa shape index (κ1) is 17.4. The van der Waals surface area contributed by atoms with Gasteiger partial charge in [0.25, 0.3) is 5.92 Å². The number of anilines is 1. The normalized spacial score (nSPS) is 27.2. The summed E-state index contributed by atoms with van der Waals surface area (Å²) >= 11 is 0.504. The van der Waals surface area contributed by atoms with Crippen LogP contribution in [0.25, 0.3) is 0 Å². The first-order valence-corrected chi connectivity index (χ1v) is 7.38. The third-order valence-electron chi connectivity index (χ3n) is 3.24. The summed E-state index contributed by atoms with van der Waals surface area (Å²) in [4.78, 5) is 15.1. The Morgan fingerprint density at radius 1 is 1.64 bits per heavy atom. The summed E-state index contributed by atoms with van der Waals surface area (Å²) in [7, 11) is 0. The van der Waals surface area contributed by atoms with E-state index in [1.807, 2.05) is 0 Å². The minimum absolute atomic E-state index is 0.0643. The van der Waals surface area contributed by atoms with Crippen molar-refractivity contribution in [1.82, 2.24) is 9.55 Å². The van der Waals surface area contributed by atoms with Gasteiger partial charge in [-0.15, -0.1) is 0 Å². The Morgan fingerprint density at radius 2 is 2.36 bits per heavy atom. The van der Waals surface area contributed by atoms with Gasteiger partial charge in [0, 0.05) is 6.20 Å². The Morgan fingerprint density at radius 3 is 3.00 bits per heavy atom. The molecule has 0 radical (unpaired) electrons. The van der Waals surface area contributed by atoms with Crippen molar-refractivity contribution in [3.8, 4) is 0 Å². The molecule has 3 atom stereocenters. The van der Waals surface area contributed by atoms with Gasteiger partial charge in [-0.05, 0) is 6.07 Å². The number of alkyl halides is 2. The lowest BCUT2D eigenvalue weighted by Gasteiger charge is -2.21. The number of nitrogens with two attached hydrogens (primary N) is 1. The van der Waals surface area contributed by atoms with Gasteiger partial charge >= 0.3 is 5.69 Å². The highest BCUT2D eigenvalue weighted by Crippen LogP contribution is 2.46. The lowest BCUT2D eigenvalue weighted by Crippen LogP contribution is -2.37. The van der Waals surface area contributed by atoms with E-state index in [9.17, 15) is 13.6 Å². The molecule has 2 rings (SSSR count). The molecule has 0 aromatic carbocycles. The minimum Gasteiger partial charge on any atom is -0.383 e. The molecule has 8 nitrogen and oxygen atoms in total. The van der Waals surface area contributed by atoms with E-state index < -0.39 is 29.9 Å². The smallest absolute Gasteiger partial charge is 0.351 e. The number of hydrogen-bond acceptors (Lipinski definition) is 9. The topological polar surface area (TPSA) is 109 Å². The molecule has 3 N–H and O–H groups in total. The number of ether oxygens (including phenoxy) is 1. The molecule has 1 fully saturated rings. The Labute approximate surface area is 132 Å². The zero-order valence-electron chi connectivity index (χ0n) is 11.2. The van der Waals surface area contributed by atoms with Crippen LogP contribution in [0.1, 0.15) is 13.2 Å². The largest absolute Gasteiger partial charge is 0.383 e. The van der Waals surface area contributed by atoms with Crippen molar-refractivity contribution in [2.45, 2.75) is 25.2 Å². The molecule has 0 amide bonds. The second kappa shape index (κ2) is 7.10. The molecule has 124 valence electrons. The van der Waals surface area contributed by atoms with Crippen LogP contribution in [0.3, 0.4) is 0 Å². The van der Waals surface area contributed by atoms with E-state index in [0.717, 1.165) is 6.20 Å². The highest BCUT2D eigenvalue weighted by atomic mass is 32.3. The summed E-state index contributed by atoms with van der Waals surface area (Å²) in [6.45, 7) is 1.08. The first-order chi connectivity index (χ1) is 10.4. The Balaban J connectivity index is 2.13. The molecule has 0 spiro atoms. The van der Waals surface area contributed by atoms with Crippen molar-refractivity contribution in [2.75, 3.05) is 12.3 Å². The molecule has 1 aliphatic heterocycles. The van der Waals surface area contributed by atoms with Crippen LogP contribution >= 0.6 is 24.6 Å². The fourth-order valence-electron chi connectivity index (χ4n) is 2.01. The zero-order valence-corrected chi connectivity index (χ0v) is 12.9. The molecular formula is C10H13F2N3O5S2. The Bertz CT molecular complexity index is 576. The second-order valence-corrected chi connectivity index (χ2v) is 5.59. The lowest BCUT2D eigenvalue weighted by molar-refractivity contribution is -0.126. The van der Waals surface area contributed by atoms with E-state index in [4.69, 9.17) is 19.2 Å². The van der Waals surface area contributed by atoms with Gasteiger partial charge in [0.15, 0.2) is 24.6 Å². The molecule has 0 bridgehead atoms. The molecule has 22 heavy (non-hydrogen) atoms. The number of nitrogens with zero attached hydrogens (tertiary/aromatic N) is 2. The molecule has 1 saturated heterocycles. The van der Waals surface area contributed by atoms with Gasteiger partial charge in [0.1, 0.15) is 5.82 Å². The minimum atomic E-state index is -3.30. The summed E-state index contributed by atoms with van der Waals surface area (Å²) in [6.07, 6.45) is -1.65. The van der Waals surface area contributed by atoms with Crippen molar-refractivity contribution in [1.29, 1.82) is 0 Å². The van der Waals surface area contributed by atoms with E-state index in [1.54, 1.807) is 0 Å². The molecule has 0 aliphatic carbocycles. The highest BCUT2D eigenvalue weighted by Gasteiger charge is 2.57. The standard InChI is InChI=1S/C10H13F2N3O5S2/c1-5-6(4-18-22-20-21-17)19-8(10(5,11)12)15-3-2-7(13)14-9(15)16/h2-3,5-6,8,17H,4H2,1H3,(H2,13,14,16)/t5-,6-,8+/m1/s1. The van der Waals surface area contributed by atoms with Gasteiger partial charge in [-0.1, -0.05) is 6.92 Å². The van der Waals surface area contributed by atoms with E-state index >= 15 is 0 Å². The van der Waals surface area contributed by atoms with Crippen LogP contribution in [0.5, 0.6) is 0 Å². The van der Waals surface area contributed by atoms with Crippen molar-refractivity contribution in [3.05, 3.63) is 22.7 Å². The van der Waals surface area contributed by atoms with Crippen molar-refractivity contribution < 1.29 is 25.9 Å². The van der Waals surface area contributed by atoms with Gasteiger partial charge in [-0.3, -0.25) is 8.75 Å². The van der Waals surface area contributed by atoms with Crippen LogP contribution in [-0.4, -0.2) is 32.7 Å². The first-order valence-electron chi connectivity index (χ1n) is 6.02. The molecular weight excluding hydrogens is 344 g/mol. The third kappa shape index (κ3) is 3.52.